The largest absolute Gasteiger partial charge is 0.481 e. The molecule has 36 heavy (non-hydrogen) atoms. The number of alkyl halides is 3. The monoisotopic (exact) mass is 508 g/mol. The van der Waals surface area contributed by atoms with Crippen LogP contribution >= 0.6 is 0 Å². The van der Waals surface area contributed by atoms with E-state index < -0.39 is 30.2 Å². The number of halogens is 5. The summed E-state index contributed by atoms with van der Waals surface area (Å²) < 4.78 is 70.9. The number of ether oxygens (including phenoxy) is 1. The lowest BCUT2D eigenvalue weighted by Gasteiger charge is -2.42. The van der Waals surface area contributed by atoms with Crippen molar-refractivity contribution < 1.29 is 26.7 Å². The van der Waals surface area contributed by atoms with Gasteiger partial charge in [0.15, 0.2) is 18.2 Å². The lowest BCUT2D eigenvalue weighted by molar-refractivity contribution is -0.153. The highest BCUT2D eigenvalue weighted by atomic mass is 19.4. The van der Waals surface area contributed by atoms with Crippen molar-refractivity contribution in [3.8, 4) is 16.9 Å². The Bertz CT molecular complexity index is 1000. The summed E-state index contributed by atoms with van der Waals surface area (Å²) in [7, 11) is 0. The molecule has 0 saturated heterocycles. The van der Waals surface area contributed by atoms with Crippen molar-refractivity contribution in [2.24, 2.45) is 17.8 Å². The first-order valence-electron chi connectivity index (χ1n) is 13.5. The molecule has 4 rings (SSSR count). The van der Waals surface area contributed by atoms with Gasteiger partial charge in [-0.05, 0) is 85.1 Å². The molecule has 6 heteroatoms. The number of hydrogen-bond acceptors (Lipinski definition) is 1. The summed E-state index contributed by atoms with van der Waals surface area (Å²) in [5.74, 6) is 0.856. The summed E-state index contributed by atoms with van der Waals surface area (Å²) in [6.07, 6.45) is 9.48. The minimum Gasteiger partial charge on any atom is -0.481 e. The Morgan fingerprint density at radius 2 is 1.61 bits per heavy atom. The van der Waals surface area contributed by atoms with E-state index >= 15 is 4.39 Å². The molecule has 0 heterocycles. The fraction of sp³-hybridized carbons (Fsp3) is 0.600. The molecule has 0 spiro atoms. The highest BCUT2D eigenvalue weighted by molar-refractivity contribution is 5.65. The first-order valence-corrected chi connectivity index (χ1v) is 13.5. The van der Waals surface area contributed by atoms with Crippen LogP contribution in [0.3, 0.4) is 0 Å². The first kappa shape index (κ1) is 26.9. The van der Waals surface area contributed by atoms with Gasteiger partial charge in [0.2, 0.25) is 0 Å². The van der Waals surface area contributed by atoms with Gasteiger partial charge < -0.3 is 4.74 Å². The zero-order chi connectivity index (χ0) is 25.7. The molecule has 0 N–H and O–H groups in total. The zero-order valence-electron chi connectivity index (χ0n) is 21.1. The van der Waals surface area contributed by atoms with Crippen molar-refractivity contribution in [3.63, 3.8) is 0 Å². The minimum absolute atomic E-state index is 0.234. The van der Waals surface area contributed by atoms with Crippen LogP contribution in [0.4, 0.5) is 22.0 Å². The third kappa shape index (κ3) is 7.01. The van der Waals surface area contributed by atoms with E-state index in [2.05, 4.69) is 11.7 Å². The standard InChI is InChI=1S/C30H37F5O/c1-2-3-4-5-6-20-7-8-22-16-23(10-9-21(22)15-20)24-11-13-26(27(31)17-24)25-12-14-29(28(32)18-25)36-19-30(33,34)35/h11-14,17-18,20-23H,2-10,15-16,19H2,1H3. The molecule has 2 aromatic carbocycles. The molecule has 2 saturated carbocycles. The zero-order valence-corrected chi connectivity index (χ0v) is 21.1. The molecule has 0 radical (unpaired) electrons. The van der Waals surface area contributed by atoms with E-state index in [0.29, 0.717) is 5.92 Å². The van der Waals surface area contributed by atoms with Crippen molar-refractivity contribution in [2.45, 2.75) is 89.6 Å². The van der Waals surface area contributed by atoms with E-state index in [4.69, 9.17) is 0 Å². The molecule has 2 aliphatic carbocycles. The first-order chi connectivity index (χ1) is 17.2. The second-order valence-corrected chi connectivity index (χ2v) is 10.8. The molecule has 0 amide bonds. The van der Waals surface area contributed by atoms with Crippen molar-refractivity contribution in [1.82, 2.24) is 0 Å². The highest BCUT2D eigenvalue weighted by Crippen LogP contribution is 2.48. The maximum atomic E-state index is 15.1. The molecular formula is C30H37F5O. The molecule has 2 fully saturated rings. The third-order valence-corrected chi connectivity index (χ3v) is 8.29. The summed E-state index contributed by atoms with van der Waals surface area (Å²) >= 11 is 0. The van der Waals surface area contributed by atoms with Crippen LogP contribution in [0.5, 0.6) is 5.75 Å². The van der Waals surface area contributed by atoms with Gasteiger partial charge in [0.25, 0.3) is 0 Å². The van der Waals surface area contributed by atoms with Gasteiger partial charge in [0.1, 0.15) is 5.82 Å². The molecule has 1 nitrogen and oxygen atoms in total. The van der Waals surface area contributed by atoms with Crippen molar-refractivity contribution in [3.05, 3.63) is 53.6 Å². The average Bonchev–Trinajstić information content (AvgIpc) is 2.85. The smallest absolute Gasteiger partial charge is 0.422 e. The van der Waals surface area contributed by atoms with Gasteiger partial charge in [0, 0.05) is 5.56 Å². The lowest BCUT2D eigenvalue weighted by atomic mass is 9.63. The summed E-state index contributed by atoms with van der Waals surface area (Å²) in [4.78, 5) is 0. The van der Waals surface area contributed by atoms with Gasteiger partial charge in [-0.25, -0.2) is 8.78 Å². The maximum absolute atomic E-state index is 15.1. The van der Waals surface area contributed by atoms with Crippen molar-refractivity contribution in [2.75, 3.05) is 6.61 Å². The molecule has 0 aromatic heterocycles. The van der Waals surface area contributed by atoms with E-state index in [1.165, 1.54) is 63.9 Å². The van der Waals surface area contributed by atoms with E-state index in [9.17, 15) is 17.6 Å². The summed E-state index contributed by atoms with van der Waals surface area (Å²) in [6, 6.07) is 8.68. The summed E-state index contributed by atoms with van der Waals surface area (Å²) in [5, 5.41) is 0. The number of fused-ring (bicyclic) bond motifs is 1. The van der Waals surface area contributed by atoms with E-state index in [0.717, 1.165) is 48.3 Å². The fourth-order valence-corrected chi connectivity index (χ4v) is 6.38. The lowest BCUT2D eigenvalue weighted by Crippen LogP contribution is -2.30. The second kappa shape index (κ2) is 12.0. The SMILES string of the molecule is CCCCCCC1CCC2CC(c3ccc(-c4ccc(OCC(F)(F)F)c(F)c4)c(F)c3)CCC2C1. The van der Waals surface area contributed by atoms with Crippen LogP contribution in [0.15, 0.2) is 36.4 Å². The molecule has 0 aliphatic heterocycles. The maximum Gasteiger partial charge on any atom is 0.422 e. The molecule has 0 bridgehead atoms. The van der Waals surface area contributed by atoms with Crippen LogP contribution in [0.1, 0.15) is 89.0 Å². The van der Waals surface area contributed by atoms with Crippen LogP contribution in [0.25, 0.3) is 11.1 Å². The molecule has 2 aliphatic rings. The Labute approximate surface area is 211 Å². The Morgan fingerprint density at radius 1 is 0.833 bits per heavy atom. The van der Waals surface area contributed by atoms with Gasteiger partial charge >= 0.3 is 6.18 Å². The highest BCUT2D eigenvalue weighted by Gasteiger charge is 2.36. The predicted octanol–water partition coefficient (Wildman–Crippen LogP) is 9.84. The van der Waals surface area contributed by atoms with E-state index in [1.807, 2.05) is 6.07 Å². The molecular weight excluding hydrogens is 471 g/mol. The van der Waals surface area contributed by atoms with E-state index in [-0.39, 0.29) is 11.1 Å². The fourth-order valence-electron chi connectivity index (χ4n) is 6.38. The van der Waals surface area contributed by atoms with Crippen molar-refractivity contribution in [1.29, 1.82) is 0 Å². The van der Waals surface area contributed by atoms with Crippen molar-refractivity contribution >= 4 is 0 Å². The van der Waals surface area contributed by atoms with Crippen LogP contribution in [0, 0.1) is 29.4 Å². The van der Waals surface area contributed by atoms with Crippen LogP contribution in [-0.2, 0) is 0 Å². The Balaban J connectivity index is 1.35. The summed E-state index contributed by atoms with van der Waals surface area (Å²) in [5.41, 5.74) is 1.50. The van der Waals surface area contributed by atoms with Gasteiger partial charge in [-0.2, -0.15) is 13.2 Å². The number of unbranched alkanes of at least 4 members (excludes halogenated alkanes) is 3. The summed E-state index contributed by atoms with van der Waals surface area (Å²) in [6.45, 7) is 0.677. The molecule has 4 atom stereocenters. The van der Waals surface area contributed by atoms with Crippen LogP contribution in [0.2, 0.25) is 0 Å². The Morgan fingerprint density at radius 3 is 2.33 bits per heavy atom. The third-order valence-electron chi connectivity index (χ3n) is 8.29. The number of benzene rings is 2. The molecule has 2 aromatic rings. The normalized spacial score (nSPS) is 24.4. The number of rotatable bonds is 9. The van der Waals surface area contributed by atoms with Gasteiger partial charge in [0.05, 0.1) is 0 Å². The van der Waals surface area contributed by atoms with Gasteiger partial charge in [-0.15, -0.1) is 0 Å². The van der Waals surface area contributed by atoms with Gasteiger partial charge in [-0.3, -0.25) is 0 Å². The van der Waals surface area contributed by atoms with Crippen LogP contribution in [-0.4, -0.2) is 12.8 Å². The minimum atomic E-state index is -4.56. The van der Waals surface area contributed by atoms with Crippen LogP contribution < -0.4 is 4.74 Å². The Hall–Kier alpha value is -2.11. The van der Waals surface area contributed by atoms with Gasteiger partial charge in [-0.1, -0.05) is 63.6 Å². The quantitative estimate of drug-likeness (QED) is 0.242. The van der Waals surface area contributed by atoms with E-state index in [1.54, 1.807) is 12.1 Å². The Kier molecular flexibility index (Phi) is 8.95. The number of hydrogen-bond donors (Lipinski definition) is 0. The predicted molar refractivity (Wildman–Crippen MR) is 133 cm³/mol. The second-order valence-electron chi connectivity index (χ2n) is 10.8. The molecule has 198 valence electrons. The average molecular weight is 509 g/mol. The topological polar surface area (TPSA) is 9.23 Å². The molecule has 4 unspecified atom stereocenters.